The summed E-state index contributed by atoms with van der Waals surface area (Å²) in [6, 6.07) is 8.71. The Hall–Kier alpha value is -2.07. The molecule has 4 nitrogen and oxygen atoms in total. The lowest BCUT2D eigenvalue weighted by atomic mass is 10.2. The summed E-state index contributed by atoms with van der Waals surface area (Å²) in [6.07, 6.45) is 2.68. The van der Waals surface area contributed by atoms with Crippen LogP contribution in [0.5, 0.6) is 5.75 Å². The Bertz CT molecular complexity index is 572. The molecule has 5 heteroatoms. The van der Waals surface area contributed by atoms with Gasteiger partial charge in [0.25, 0.3) is 5.91 Å². The minimum absolute atomic E-state index is 0.144. The van der Waals surface area contributed by atoms with E-state index in [0.29, 0.717) is 11.6 Å². The number of nitrogens with one attached hydrogen (secondary N) is 1. The fourth-order valence-corrected chi connectivity index (χ4v) is 1.69. The van der Waals surface area contributed by atoms with E-state index in [-0.39, 0.29) is 17.2 Å². The van der Waals surface area contributed by atoms with Crippen molar-refractivity contribution in [3.63, 3.8) is 0 Å². The number of nitrogens with zero attached hydrogens (tertiary/aromatic N) is 1. The smallest absolute Gasteiger partial charge is 0.255 e. The van der Waals surface area contributed by atoms with Gasteiger partial charge in [-0.3, -0.25) is 9.78 Å². The predicted molar refractivity (Wildman–Crippen MR) is 68.5 cm³/mol. The van der Waals surface area contributed by atoms with E-state index in [1.807, 2.05) is 18.2 Å². The molecule has 2 N–H and O–H groups in total. The van der Waals surface area contributed by atoms with Crippen LogP contribution >= 0.6 is 11.6 Å². The summed E-state index contributed by atoms with van der Waals surface area (Å²) >= 11 is 5.97. The van der Waals surface area contributed by atoms with Crippen molar-refractivity contribution < 1.29 is 9.90 Å². The van der Waals surface area contributed by atoms with Gasteiger partial charge < -0.3 is 10.4 Å². The van der Waals surface area contributed by atoms with Crippen LogP contribution in [0, 0.1) is 0 Å². The quantitative estimate of drug-likeness (QED) is 0.893. The van der Waals surface area contributed by atoms with Gasteiger partial charge in [-0.15, -0.1) is 0 Å². The van der Waals surface area contributed by atoms with Gasteiger partial charge in [-0.25, -0.2) is 0 Å². The van der Waals surface area contributed by atoms with Crippen LogP contribution in [0.2, 0.25) is 5.02 Å². The second-order valence-electron chi connectivity index (χ2n) is 3.67. The van der Waals surface area contributed by atoms with Gasteiger partial charge in [0.15, 0.2) is 0 Å². The van der Waals surface area contributed by atoms with E-state index in [2.05, 4.69) is 10.3 Å². The third-order valence-electron chi connectivity index (χ3n) is 2.44. The van der Waals surface area contributed by atoms with E-state index in [4.69, 9.17) is 11.6 Å². The molecule has 92 valence electrons. The van der Waals surface area contributed by atoms with Crippen molar-refractivity contribution in [3.05, 3.63) is 58.9 Å². The number of pyridine rings is 1. The second kappa shape index (κ2) is 5.51. The first kappa shape index (κ1) is 12.4. The van der Waals surface area contributed by atoms with Gasteiger partial charge in [0.05, 0.1) is 11.8 Å². The molecule has 0 aliphatic rings. The van der Waals surface area contributed by atoms with Crippen molar-refractivity contribution in [1.82, 2.24) is 10.3 Å². The number of benzene rings is 1. The van der Waals surface area contributed by atoms with E-state index in [9.17, 15) is 9.90 Å². The average molecular weight is 263 g/mol. The fourth-order valence-electron chi connectivity index (χ4n) is 1.49. The third-order valence-corrected chi connectivity index (χ3v) is 2.81. The maximum absolute atomic E-state index is 11.8. The highest BCUT2D eigenvalue weighted by Gasteiger charge is 2.10. The monoisotopic (exact) mass is 262 g/mol. The van der Waals surface area contributed by atoms with Crippen LogP contribution in [0.1, 0.15) is 15.9 Å². The Kier molecular flexibility index (Phi) is 3.79. The first-order valence-electron chi connectivity index (χ1n) is 5.33. The maximum atomic E-state index is 11.8. The van der Waals surface area contributed by atoms with E-state index >= 15 is 0 Å². The molecule has 2 rings (SSSR count). The van der Waals surface area contributed by atoms with E-state index < -0.39 is 0 Å². The van der Waals surface area contributed by atoms with Gasteiger partial charge in [0.2, 0.25) is 0 Å². The highest BCUT2D eigenvalue weighted by atomic mass is 35.5. The summed E-state index contributed by atoms with van der Waals surface area (Å²) in [4.78, 5) is 15.5. The van der Waals surface area contributed by atoms with E-state index in [1.54, 1.807) is 6.07 Å². The van der Waals surface area contributed by atoms with Crippen LogP contribution < -0.4 is 5.32 Å². The molecule has 0 unspecified atom stereocenters. The topological polar surface area (TPSA) is 62.2 Å². The van der Waals surface area contributed by atoms with Crippen molar-refractivity contribution >= 4 is 17.5 Å². The highest BCUT2D eigenvalue weighted by Crippen LogP contribution is 2.16. The number of aromatic hydroxyl groups is 1. The predicted octanol–water partition coefficient (Wildman–Crippen LogP) is 2.37. The second-order valence-corrected chi connectivity index (χ2v) is 4.07. The minimum Gasteiger partial charge on any atom is -0.505 e. The summed E-state index contributed by atoms with van der Waals surface area (Å²) < 4.78 is 0. The Morgan fingerprint density at radius 2 is 2.11 bits per heavy atom. The fraction of sp³-hybridized carbons (Fsp3) is 0.0769. The Morgan fingerprint density at radius 3 is 2.83 bits per heavy atom. The first-order valence-corrected chi connectivity index (χ1v) is 5.71. The summed E-state index contributed by atoms with van der Waals surface area (Å²) in [5, 5.41) is 12.8. The summed E-state index contributed by atoms with van der Waals surface area (Å²) in [6.45, 7) is 0.306. The third kappa shape index (κ3) is 2.78. The lowest BCUT2D eigenvalue weighted by molar-refractivity contribution is 0.0948. The number of aromatic nitrogens is 1. The maximum Gasteiger partial charge on any atom is 0.255 e. The number of hydrogen-bond donors (Lipinski definition) is 2. The summed E-state index contributed by atoms with van der Waals surface area (Å²) in [7, 11) is 0. The number of hydrogen-bond acceptors (Lipinski definition) is 3. The highest BCUT2D eigenvalue weighted by molar-refractivity contribution is 6.31. The molecule has 2 aromatic rings. The lowest BCUT2D eigenvalue weighted by Crippen LogP contribution is -2.23. The van der Waals surface area contributed by atoms with Crippen molar-refractivity contribution in [1.29, 1.82) is 0 Å². The van der Waals surface area contributed by atoms with Crippen LogP contribution in [0.15, 0.2) is 42.7 Å². The van der Waals surface area contributed by atoms with Gasteiger partial charge in [-0.05, 0) is 17.7 Å². The van der Waals surface area contributed by atoms with Gasteiger partial charge in [0, 0.05) is 17.8 Å². The number of halogens is 1. The average Bonchev–Trinajstić information content (AvgIpc) is 2.38. The molecule has 1 heterocycles. The number of carbonyl (C=O) groups is 1. The zero-order valence-corrected chi connectivity index (χ0v) is 10.2. The number of amides is 1. The molecule has 0 aliphatic carbocycles. The minimum atomic E-state index is -0.366. The molecule has 0 saturated heterocycles. The van der Waals surface area contributed by atoms with Gasteiger partial charge in [-0.1, -0.05) is 29.8 Å². The molecule has 0 fully saturated rings. The molecule has 1 amide bonds. The van der Waals surface area contributed by atoms with Crippen LogP contribution in [-0.4, -0.2) is 16.0 Å². The number of carbonyl (C=O) groups excluding carboxylic acids is 1. The molecule has 0 spiro atoms. The SMILES string of the molecule is O=C(NCc1ccccc1Cl)c1ccncc1O. The largest absolute Gasteiger partial charge is 0.505 e. The molecule has 18 heavy (non-hydrogen) atoms. The van der Waals surface area contributed by atoms with Gasteiger partial charge in [0.1, 0.15) is 5.75 Å². The summed E-state index contributed by atoms with van der Waals surface area (Å²) in [5.74, 6) is -0.510. The molecule has 0 bridgehead atoms. The van der Waals surface area contributed by atoms with E-state index in [1.165, 1.54) is 18.5 Å². The lowest BCUT2D eigenvalue weighted by Gasteiger charge is -2.07. The van der Waals surface area contributed by atoms with Gasteiger partial charge >= 0.3 is 0 Å². The molecule has 1 aromatic carbocycles. The molecule has 0 aliphatic heterocycles. The Labute approximate surface area is 109 Å². The molecule has 1 aromatic heterocycles. The molecular weight excluding hydrogens is 252 g/mol. The molecule has 0 atom stereocenters. The Balaban J connectivity index is 2.06. The van der Waals surface area contributed by atoms with E-state index in [0.717, 1.165) is 5.56 Å². The van der Waals surface area contributed by atoms with Crippen molar-refractivity contribution in [2.45, 2.75) is 6.54 Å². The van der Waals surface area contributed by atoms with Crippen molar-refractivity contribution in [2.24, 2.45) is 0 Å². The molecule has 0 saturated carbocycles. The van der Waals surface area contributed by atoms with Crippen LogP contribution in [0.3, 0.4) is 0 Å². The molecular formula is C13H11ClN2O2. The zero-order chi connectivity index (χ0) is 13.0. The first-order chi connectivity index (χ1) is 8.68. The van der Waals surface area contributed by atoms with Crippen molar-refractivity contribution in [3.8, 4) is 5.75 Å². The summed E-state index contributed by atoms with van der Waals surface area (Å²) in [5.41, 5.74) is 1.01. The normalized spacial score (nSPS) is 10.1. The molecule has 0 radical (unpaired) electrons. The number of rotatable bonds is 3. The van der Waals surface area contributed by atoms with Crippen LogP contribution in [0.4, 0.5) is 0 Å². The standard InChI is InChI=1S/C13H11ClN2O2/c14-11-4-2-1-3-9(11)7-16-13(18)10-5-6-15-8-12(10)17/h1-6,8,17H,7H2,(H,16,18). The van der Waals surface area contributed by atoms with Crippen LogP contribution in [0.25, 0.3) is 0 Å². The van der Waals surface area contributed by atoms with Gasteiger partial charge in [-0.2, -0.15) is 0 Å². The Morgan fingerprint density at radius 1 is 1.33 bits per heavy atom. The van der Waals surface area contributed by atoms with Crippen molar-refractivity contribution in [2.75, 3.05) is 0 Å². The van der Waals surface area contributed by atoms with Crippen LogP contribution in [-0.2, 0) is 6.54 Å². The zero-order valence-electron chi connectivity index (χ0n) is 9.43.